The Labute approximate surface area is 126 Å². The molecule has 1 radical (unpaired) electrons. The summed E-state index contributed by atoms with van der Waals surface area (Å²) in [6.07, 6.45) is 0. The van der Waals surface area contributed by atoms with Crippen molar-refractivity contribution >= 4 is 9.05 Å². The molecule has 4 nitrogen and oxygen atoms in total. The molecule has 0 aromatic rings. The molecule has 0 aliphatic heterocycles. The van der Waals surface area contributed by atoms with Crippen molar-refractivity contribution in [2.75, 3.05) is 0 Å². The first-order valence-electron chi connectivity index (χ1n) is 0.816. The van der Waals surface area contributed by atoms with Gasteiger partial charge in [-0.2, -0.15) is 0 Å². The van der Waals surface area contributed by atoms with Gasteiger partial charge in [0, 0.05) is 0 Å². The fourth-order valence-electron chi connectivity index (χ4n) is 0. The molecule has 0 aliphatic rings. The Balaban J connectivity index is -0.0000000267. The molecule has 0 aromatic carbocycles. The first-order valence-corrected chi connectivity index (χ1v) is 2.45. The van der Waals surface area contributed by atoms with E-state index in [9.17, 15) is 0 Å². The van der Waals surface area contributed by atoms with Crippen molar-refractivity contribution < 1.29 is 120 Å². The first-order chi connectivity index (χ1) is 2.00. The quantitative estimate of drug-likeness (QED) is 0.265. The van der Waals surface area contributed by atoms with Crippen LogP contribution in [0, 0.1) is 78.6 Å². The maximum atomic E-state index is 8.58. The van der Waals surface area contributed by atoms with Gasteiger partial charge in [-0.25, -0.2) is 0 Å². The number of hydrogen-bond donors (Lipinski definition) is 0. The second-order valence-corrected chi connectivity index (χ2v) is 1.50. The van der Waals surface area contributed by atoms with E-state index in [1.807, 2.05) is 0 Å². The van der Waals surface area contributed by atoms with E-state index >= 15 is 0 Å². The van der Waals surface area contributed by atoms with E-state index in [0.29, 0.717) is 0 Å². The molecular formula is CeLuO4SiTa+7. The van der Waals surface area contributed by atoms with E-state index in [0.717, 1.165) is 0 Å². The van der Waals surface area contributed by atoms with Gasteiger partial charge in [-0.3, -0.25) is 0 Å². The smallest absolute Gasteiger partial charge is 0.894 e. The summed E-state index contributed by atoms with van der Waals surface area (Å²) in [5.41, 5.74) is 0. The fraction of sp³-hybridized carbons (Fsp3) is 0. The standard InChI is InChI=1S/Ce.Lu.O4Si.Ta/c;;1-5(2,3)4;/q2*+3;-4;+5. The molecule has 0 spiro atoms. The van der Waals surface area contributed by atoms with Crippen molar-refractivity contribution in [3.63, 3.8) is 0 Å². The maximum Gasteiger partial charge on any atom is 5.00 e. The fourth-order valence-corrected chi connectivity index (χ4v) is 0. The van der Waals surface area contributed by atoms with E-state index in [1.54, 1.807) is 0 Å². The van der Waals surface area contributed by atoms with Crippen LogP contribution < -0.4 is 19.2 Å². The molecule has 0 bridgehead atoms. The van der Waals surface area contributed by atoms with Gasteiger partial charge in [-0.1, -0.05) is 0 Å². The summed E-state index contributed by atoms with van der Waals surface area (Å²) in [7, 11) is -5.61. The Morgan fingerprint density at radius 2 is 0.875 bits per heavy atom. The second kappa shape index (κ2) is 10.4. The monoisotopic (exact) mass is 588 g/mol. The second-order valence-electron chi connectivity index (χ2n) is 0.500. The van der Waals surface area contributed by atoms with Gasteiger partial charge in [0.05, 0.1) is 0 Å². The molecule has 0 N–H and O–H groups in total. The Morgan fingerprint density at radius 3 is 0.875 bits per heavy atom. The molecule has 0 atom stereocenters. The third kappa shape index (κ3) is 57.3. The van der Waals surface area contributed by atoms with Gasteiger partial charge in [0.1, 0.15) is 0 Å². The third-order valence-corrected chi connectivity index (χ3v) is 0. The SMILES string of the molecule is [Ce+3].[Lu+3].[O-][Si]([O-])([O-])[O-].[Ta+5]. The average Bonchev–Trinajstić information content (AvgIpc) is 0.722. The van der Waals surface area contributed by atoms with Crippen LogP contribution >= 0.6 is 0 Å². The van der Waals surface area contributed by atoms with E-state index in [1.165, 1.54) is 0 Å². The predicted octanol–water partition coefficient (Wildman–Crippen LogP) is -5.14. The van der Waals surface area contributed by atoms with Crippen LogP contribution in [0.2, 0.25) is 0 Å². The van der Waals surface area contributed by atoms with E-state index in [-0.39, 0.29) is 101 Å². The van der Waals surface area contributed by atoms with Crippen LogP contribution in [0.25, 0.3) is 0 Å². The van der Waals surface area contributed by atoms with Gasteiger partial charge in [0.2, 0.25) is 0 Å². The molecule has 0 aliphatic carbocycles. The van der Waals surface area contributed by atoms with Crippen molar-refractivity contribution in [3.05, 3.63) is 0 Å². The minimum absolute atomic E-state index is 0. The Kier molecular flexibility index (Phi) is 29.3. The van der Waals surface area contributed by atoms with Crippen LogP contribution in [0.3, 0.4) is 0 Å². The van der Waals surface area contributed by atoms with E-state index in [2.05, 4.69) is 0 Å². The van der Waals surface area contributed by atoms with Gasteiger partial charge < -0.3 is 28.2 Å². The molecule has 0 amide bonds. The molecule has 0 aromatic heterocycles. The molecule has 0 heterocycles. The molecule has 45 valence electrons. The largest absolute Gasteiger partial charge is 5.00 e. The van der Waals surface area contributed by atoms with E-state index < -0.39 is 9.05 Å². The van der Waals surface area contributed by atoms with Gasteiger partial charge in [0.15, 0.2) is 0 Å². The van der Waals surface area contributed by atoms with Crippen molar-refractivity contribution in [3.8, 4) is 0 Å². The third-order valence-electron chi connectivity index (χ3n) is 0. The summed E-state index contributed by atoms with van der Waals surface area (Å²) in [6, 6.07) is 0. The van der Waals surface area contributed by atoms with Gasteiger partial charge >= 0.3 is 101 Å². The molecule has 0 saturated heterocycles. The molecule has 0 fully saturated rings. The molecular weight excluding hydrogens is 588 g/mol. The molecule has 0 unspecified atom stereocenters. The average molecular weight is 588 g/mol. The summed E-state index contributed by atoms with van der Waals surface area (Å²) < 4.78 is 0. The van der Waals surface area contributed by atoms with Crippen molar-refractivity contribution in [2.45, 2.75) is 0 Å². The summed E-state index contributed by atoms with van der Waals surface area (Å²) in [4.78, 5) is 34.3. The zero-order chi connectivity index (χ0) is 4.50. The van der Waals surface area contributed by atoms with Crippen LogP contribution in [0.5, 0.6) is 0 Å². The van der Waals surface area contributed by atoms with Crippen LogP contribution in [0.1, 0.15) is 0 Å². The van der Waals surface area contributed by atoms with Crippen LogP contribution in [0.15, 0.2) is 0 Å². The Morgan fingerprint density at radius 1 is 0.875 bits per heavy atom. The van der Waals surface area contributed by atoms with Gasteiger partial charge in [-0.05, 0) is 0 Å². The minimum atomic E-state index is -5.61. The van der Waals surface area contributed by atoms with Gasteiger partial charge in [0.25, 0.3) is 0 Å². The van der Waals surface area contributed by atoms with E-state index in [4.69, 9.17) is 19.2 Å². The topological polar surface area (TPSA) is 92.2 Å². The summed E-state index contributed by atoms with van der Waals surface area (Å²) in [5.74, 6) is 0. The minimum Gasteiger partial charge on any atom is -0.894 e. The molecule has 0 rings (SSSR count). The van der Waals surface area contributed by atoms with Crippen LogP contribution in [-0.4, -0.2) is 9.05 Å². The van der Waals surface area contributed by atoms with Crippen molar-refractivity contribution in [1.29, 1.82) is 0 Å². The summed E-state index contributed by atoms with van der Waals surface area (Å²) in [6.45, 7) is 0. The zero-order valence-corrected chi connectivity index (χ0v) is 12.3. The van der Waals surface area contributed by atoms with Crippen molar-refractivity contribution in [1.82, 2.24) is 0 Å². The van der Waals surface area contributed by atoms with Crippen LogP contribution in [-0.2, 0) is 22.4 Å². The molecule has 0 saturated carbocycles. The summed E-state index contributed by atoms with van der Waals surface area (Å²) in [5, 5.41) is 0. The van der Waals surface area contributed by atoms with Gasteiger partial charge in [-0.15, -0.1) is 0 Å². The molecule has 8 heteroatoms. The zero-order valence-electron chi connectivity index (χ0n) is 3.34. The first kappa shape index (κ1) is 22.5. The molecule has 8 heavy (non-hydrogen) atoms. The Bertz CT molecular complexity index is 31.5. The van der Waals surface area contributed by atoms with Crippen LogP contribution in [0.4, 0.5) is 0 Å². The number of hydrogen-bond acceptors (Lipinski definition) is 4. The van der Waals surface area contributed by atoms with Crippen molar-refractivity contribution in [2.24, 2.45) is 0 Å². The Hall–Kier alpha value is 3.41. The summed E-state index contributed by atoms with van der Waals surface area (Å²) >= 11 is 0. The number of rotatable bonds is 0. The predicted molar refractivity (Wildman–Crippen MR) is 5.75 cm³/mol. The maximum absolute atomic E-state index is 8.58. The normalized spacial score (nSPS) is 7.50.